The number of hydrogen-bond acceptors (Lipinski definition) is 6. The van der Waals surface area contributed by atoms with Crippen LogP contribution in [0.2, 0.25) is 0 Å². The van der Waals surface area contributed by atoms with Gasteiger partial charge in [0.25, 0.3) is 0 Å². The highest BCUT2D eigenvalue weighted by atomic mass is 32.1. The molecule has 1 saturated heterocycles. The van der Waals surface area contributed by atoms with Crippen molar-refractivity contribution in [2.24, 2.45) is 7.05 Å². The molecule has 4 aromatic rings. The summed E-state index contributed by atoms with van der Waals surface area (Å²) in [4.78, 5) is 21.6. The summed E-state index contributed by atoms with van der Waals surface area (Å²) in [6.45, 7) is 9.33. The number of aryl methyl sites for hydroxylation is 2. The van der Waals surface area contributed by atoms with Gasteiger partial charge in [0.15, 0.2) is 0 Å². The molecule has 168 valence electrons. The topological polar surface area (TPSA) is 60.3 Å². The van der Waals surface area contributed by atoms with Crippen LogP contribution in [0.5, 0.6) is 0 Å². The summed E-state index contributed by atoms with van der Waals surface area (Å²) >= 11 is 3.56. The van der Waals surface area contributed by atoms with Gasteiger partial charge < -0.3 is 9.64 Å². The maximum Gasteiger partial charge on any atom is 0.410 e. The Hall–Kier alpha value is -2.45. The van der Waals surface area contributed by atoms with E-state index >= 15 is 0 Å². The minimum absolute atomic E-state index is 0.199. The molecule has 32 heavy (non-hydrogen) atoms. The van der Waals surface area contributed by atoms with Crippen LogP contribution in [-0.4, -0.2) is 44.4 Å². The van der Waals surface area contributed by atoms with Gasteiger partial charge in [-0.1, -0.05) is 0 Å². The molecule has 0 N–H and O–H groups in total. The summed E-state index contributed by atoms with van der Waals surface area (Å²) in [5.41, 5.74) is 2.93. The number of thiophene rings is 1. The normalized spacial score (nSPS) is 15.7. The van der Waals surface area contributed by atoms with Gasteiger partial charge in [-0.2, -0.15) is 5.10 Å². The highest BCUT2D eigenvalue weighted by Crippen LogP contribution is 2.41. The van der Waals surface area contributed by atoms with E-state index in [-0.39, 0.29) is 6.09 Å². The zero-order chi connectivity index (χ0) is 22.6. The van der Waals surface area contributed by atoms with E-state index in [2.05, 4.69) is 36.4 Å². The number of aromatic nitrogens is 3. The first-order valence-corrected chi connectivity index (χ1v) is 12.6. The van der Waals surface area contributed by atoms with Crippen LogP contribution in [0.25, 0.3) is 31.0 Å². The largest absolute Gasteiger partial charge is 0.444 e. The third-order valence-corrected chi connectivity index (χ3v) is 8.19. The number of likely N-dealkylation sites (tertiary alicyclic amines) is 1. The summed E-state index contributed by atoms with van der Waals surface area (Å²) in [5.74, 6) is 0.484. The van der Waals surface area contributed by atoms with Crippen LogP contribution < -0.4 is 0 Å². The van der Waals surface area contributed by atoms with Gasteiger partial charge in [0, 0.05) is 42.2 Å². The molecular formula is C24H28N4O2S2. The van der Waals surface area contributed by atoms with E-state index in [0.717, 1.165) is 52.2 Å². The first-order valence-electron chi connectivity index (χ1n) is 11.0. The lowest BCUT2D eigenvalue weighted by Crippen LogP contribution is -2.41. The van der Waals surface area contributed by atoms with Gasteiger partial charge in [0.2, 0.25) is 0 Å². The third kappa shape index (κ3) is 4.13. The van der Waals surface area contributed by atoms with Crippen molar-refractivity contribution in [3.05, 3.63) is 34.8 Å². The second kappa shape index (κ2) is 7.85. The van der Waals surface area contributed by atoms with Crippen LogP contribution in [0.3, 0.4) is 0 Å². The van der Waals surface area contributed by atoms with Crippen LogP contribution >= 0.6 is 22.7 Å². The van der Waals surface area contributed by atoms with Crippen molar-refractivity contribution in [1.29, 1.82) is 0 Å². The Labute approximate surface area is 195 Å². The number of benzene rings is 1. The van der Waals surface area contributed by atoms with Crippen LogP contribution in [0.15, 0.2) is 24.4 Å². The number of thiazole rings is 1. The first-order chi connectivity index (χ1) is 15.2. The number of nitrogens with zero attached hydrogens (tertiary/aromatic N) is 4. The molecule has 0 spiro atoms. The summed E-state index contributed by atoms with van der Waals surface area (Å²) in [5, 5.41) is 6.76. The van der Waals surface area contributed by atoms with Crippen molar-refractivity contribution in [1.82, 2.24) is 19.7 Å². The predicted molar refractivity (Wildman–Crippen MR) is 132 cm³/mol. The number of carbonyl (C=O) groups excluding carboxylic acids is 1. The zero-order valence-electron chi connectivity index (χ0n) is 19.1. The Morgan fingerprint density at radius 3 is 2.59 bits per heavy atom. The summed E-state index contributed by atoms with van der Waals surface area (Å²) in [7, 11) is 1.96. The van der Waals surface area contributed by atoms with E-state index in [9.17, 15) is 4.79 Å². The highest BCUT2D eigenvalue weighted by Gasteiger charge is 2.28. The van der Waals surface area contributed by atoms with Gasteiger partial charge in [0.05, 0.1) is 10.2 Å². The first kappa shape index (κ1) is 21.4. The van der Waals surface area contributed by atoms with Crippen molar-refractivity contribution in [2.45, 2.75) is 52.1 Å². The molecule has 0 saturated carbocycles. The van der Waals surface area contributed by atoms with Gasteiger partial charge >= 0.3 is 6.09 Å². The third-order valence-electron chi connectivity index (χ3n) is 5.82. The Morgan fingerprint density at radius 1 is 1.16 bits per heavy atom. The molecular weight excluding hydrogens is 440 g/mol. The van der Waals surface area contributed by atoms with E-state index < -0.39 is 5.60 Å². The number of rotatable bonds is 2. The number of piperidine rings is 1. The second-order valence-corrected chi connectivity index (χ2v) is 11.7. The number of fused-ring (bicyclic) bond motifs is 2. The molecule has 0 aliphatic carbocycles. The van der Waals surface area contributed by atoms with Crippen LogP contribution in [0, 0.1) is 6.92 Å². The molecule has 0 radical (unpaired) electrons. The molecule has 5 rings (SSSR count). The van der Waals surface area contributed by atoms with E-state index in [1.54, 1.807) is 22.7 Å². The molecule has 0 unspecified atom stereocenters. The Kier molecular flexibility index (Phi) is 5.25. The fraction of sp³-hybridized carbons (Fsp3) is 0.458. The maximum absolute atomic E-state index is 12.3. The van der Waals surface area contributed by atoms with Crippen LogP contribution in [-0.2, 0) is 11.8 Å². The number of amides is 1. The fourth-order valence-corrected chi connectivity index (χ4v) is 6.68. The molecule has 1 fully saturated rings. The van der Waals surface area contributed by atoms with Crippen LogP contribution in [0.4, 0.5) is 4.79 Å². The lowest BCUT2D eigenvalue weighted by molar-refractivity contribution is 0.0205. The van der Waals surface area contributed by atoms with E-state index in [0.29, 0.717) is 5.92 Å². The zero-order valence-corrected chi connectivity index (χ0v) is 20.8. The fourth-order valence-electron chi connectivity index (χ4n) is 4.30. The monoisotopic (exact) mass is 468 g/mol. The molecule has 8 heteroatoms. The van der Waals surface area contributed by atoms with Gasteiger partial charge in [0.1, 0.15) is 15.4 Å². The molecule has 1 aliphatic rings. The Balaban J connectivity index is 1.31. The van der Waals surface area contributed by atoms with Crippen molar-refractivity contribution >= 4 is 49.2 Å². The van der Waals surface area contributed by atoms with Crippen LogP contribution in [0.1, 0.15) is 50.0 Å². The van der Waals surface area contributed by atoms with Crippen molar-refractivity contribution in [3.8, 4) is 10.6 Å². The minimum atomic E-state index is -0.449. The maximum atomic E-state index is 12.3. The molecule has 6 nitrogen and oxygen atoms in total. The molecule has 3 aromatic heterocycles. The van der Waals surface area contributed by atoms with Gasteiger partial charge in [-0.25, -0.2) is 9.78 Å². The second-order valence-electron chi connectivity index (χ2n) is 9.61. The Morgan fingerprint density at radius 2 is 1.91 bits per heavy atom. The van der Waals surface area contributed by atoms with E-state index in [4.69, 9.17) is 9.72 Å². The molecule has 4 heterocycles. The van der Waals surface area contributed by atoms with E-state index in [1.165, 1.54) is 15.1 Å². The summed E-state index contributed by atoms with van der Waals surface area (Å²) in [6, 6.07) is 6.68. The summed E-state index contributed by atoms with van der Waals surface area (Å²) in [6.07, 6.45) is 3.80. The molecule has 0 atom stereocenters. The van der Waals surface area contributed by atoms with Gasteiger partial charge in [-0.3, -0.25) is 4.68 Å². The van der Waals surface area contributed by atoms with Gasteiger partial charge in [-0.15, -0.1) is 22.7 Å². The van der Waals surface area contributed by atoms with Crippen molar-refractivity contribution in [2.75, 3.05) is 13.1 Å². The average Bonchev–Trinajstić information content (AvgIpc) is 3.39. The van der Waals surface area contributed by atoms with Gasteiger partial charge in [-0.05, 0) is 70.2 Å². The SMILES string of the molecule is Cc1cc(-c2nc3sc(C4CCN(C(=O)OC(C)(C)C)CC4)cc3s2)cc2cn(C)nc12. The molecule has 0 bridgehead atoms. The molecule has 1 aliphatic heterocycles. The standard InChI is InChI=1S/C24H28N4O2S2/c1-14-10-16(11-17-13-27(5)26-20(14)17)21-25-22-19(32-21)12-18(31-22)15-6-8-28(9-7-15)23(29)30-24(2,3)4/h10-13,15H,6-9H2,1-5H3. The number of ether oxygens (including phenoxy) is 1. The number of hydrogen-bond donors (Lipinski definition) is 0. The molecule has 1 amide bonds. The lowest BCUT2D eigenvalue weighted by Gasteiger charge is -2.33. The Bertz CT molecular complexity index is 1270. The quantitative estimate of drug-likeness (QED) is 0.345. The molecule has 1 aromatic carbocycles. The lowest BCUT2D eigenvalue weighted by atomic mass is 9.95. The summed E-state index contributed by atoms with van der Waals surface area (Å²) < 4.78 is 8.63. The smallest absolute Gasteiger partial charge is 0.410 e. The highest BCUT2D eigenvalue weighted by molar-refractivity contribution is 7.28. The predicted octanol–water partition coefficient (Wildman–Crippen LogP) is 6.33. The van der Waals surface area contributed by atoms with Crippen molar-refractivity contribution < 1.29 is 9.53 Å². The van der Waals surface area contributed by atoms with Crippen molar-refractivity contribution in [3.63, 3.8) is 0 Å². The average molecular weight is 469 g/mol. The van der Waals surface area contributed by atoms with E-state index in [1.807, 2.05) is 37.4 Å². The number of carbonyl (C=O) groups is 1. The minimum Gasteiger partial charge on any atom is -0.444 e.